The molecule has 0 aliphatic carbocycles. The SMILES string of the molecule is CCCCNC(=S)Nc1ccc(F)c(F)c1F. The van der Waals surface area contributed by atoms with E-state index in [0.29, 0.717) is 6.54 Å². The van der Waals surface area contributed by atoms with Crippen molar-refractivity contribution in [2.75, 3.05) is 11.9 Å². The second-order valence-electron chi connectivity index (χ2n) is 3.46. The molecule has 2 nitrogen and oxygen atoms in total. The van der Waals surface area contributed by atoms with Crippen LogP contribution in [0.3, 0.4) is 0 Å². The molecule has 0 saturated heterocycles. The summed E-state index contributed by atoms with van der Waals surface area (Å²) in [4.78, 5) is 0. The molecule has 0 bridgehead atoms. The number of nitrogens with one attached hydrogen (secondary N) is 2. The molecule has 0 aliphatic rings. The highest BCUT2D eigenvalue weighted by atomic mass is 32.1. The molecule has 0 amide bonds. The van der Waals surface area contributed by atoms with Crippen LogP contribution in [0.2, 0.25) is 0 Å². The quantitative estimate of drug-likeness (QED) is 0.495. The van der Waals surface area contributed by atoms with Crippen LogP contribution in [0.1, 0.15) is 19.8 Å². The molecule has 1 aromatic rings. The summed E-state index contributed by atoms with van der Waals surface area (Å²) in [6, 6.07) is 1.94. The Morgan fingerprint density at radius 1 is 1.24 bits per heavy atom. The number of unbranched alkanes of at least 4 members (excludes halogenated alkanes) is 1. The van der Waals surface area contributed by atoms with Gasteiger partial charge in [-0.05, 0) is 30.8 Å². The van der Waals surface area contributed by atoms with E-state index in [1.54, 1.807) is 0 Å². The fourth-order valence-corrected chi connectivity index (χ4v) is 1.38. The summed E-state index contributed by atoms with van der Waals surface area (Å²) in [5.41, 5.74) is -0.183. The fraction of sp³-hybridized carbons (Fsp3) is 0.364. The van der Waals surface area contributed by atoms with Gasteiger partial charge in [0.25, 0.3) is 0 Å². The summed E-state index contributed by atoms with van der Waals surface area (Å²) in [5, 5.41) is 5.49. The third kappa shape index (κ3) is 3.89. The van der Waals surface area contributed by atoms with Gasteiger partial charge in [0, 0.05) is 6.54 Å². The van der Waals surface area contributed by atoms with E-state index < -0.39 is 17.5 Å². The van der Waals surface area contributed by atoms with Gasteiger partial charge in [-0.25, -0.2) is 13.2 Å². The van der Waals surface area contributed by atoms with Crippen molar-refractivity contribution in [1.29, 1.82) is 0 Å². The van der Waals surface area contributed by atoms with E-state index in [-0.39, 0.29) is 10.8 Å². The van der Waals surface area contributed by atoms with Gasteiger partial charge in [0.2, 0.25) is 0 Å². The van der Waals surface area contributed by atoms with E-state index in [9.17, 15) is 13.2 Å². The lowest BCUT2D eigenvalue weighted by molar-refractivity contribution is 0.449. The highest BCUT2D eigenvalue weighted by Gasteiger charge is 2.13. The maximum absolute atomic E-state index is 13.2. The molecule has 17 heavy (non-hydrogen) atoms. The summed E-state index contributed by atoms with van der Waals surface area (Å²) in [6.45, 7) is 2.67. The maximum atomic E-state index is 13.2. The lowest BCUT2D eigenvalue weighted by Crippen LogP contribution is -2.29. The third-order valence-corrected chi connectivity index (χ3v) is 2.35. The van der Waals surface area contributed by atoms with Gasteiger partial charge in [-0.2, -0.15) is 0 Å². The minimum absolute atomic E-state index is 0.183. The molecule has 0 aliphatic heterocycles. The number of halogens is 3. The largest absolute Gasteiger partial charge is 0.362 e. The monoisotopic (exact) mass is 262 g/mol. The molecule has 0 unspecified atom stereocenters. The van der Waals surface area contributed by atoms with Crippen LogP contribution in [-0.4, -0.2) is 11.7 Å². The van der Waals surface area contributed by atoms with Gasteiger partial charge in [0.1, 0.15) is 0 Å². The van der Waals surface area contributed by atoms with Gasteiger partial charge in [-0.15, -0.1) is 0 Å². The molecule has 1 rings (SSSR count). The van der Waals surface area contributed by atoms with E-state index in [1.165, 1.54) is 0 Å². The topological polar surface area (TPSA) is 24.1 Å². The molecular weight excluding hydrogens is 249 g/mol. The standard InChI is InChI=1S/C11H13F3N2S/c1-2-3-6-15-11(17)16-8-5-4-7(12)9(13)10(8)14/h4-5H,2-3,6H2,1H3,(H2,15,16,17). The van der Waals surface area contributed by atoms with Gasteiger partial charge in [-0.3, -0.25) is 0 Å². The first-order valence-electron chi connectivity index (χ1n) is 5.24. The van der Waals surface area contributed by atoms with E-state index in [1.807, 2.05) is 6.92 Å². The average Bonchev–Trinajstić information content (AvgIpc) is 2.30. The van der Waals surface area contributed by atoms with Crippen LogP contribution in [0.5, 0.6) is 0 Å². The predicted octanol–water partition coefficient (Wildman–Crippen LogP) is 3.19. The Labute approximate surface area is 103 Å². The summed E-state index contributed by atoms with van der Waals surface area (Å²) < 4.78 is 38.8. The van der Waals surface area contributed by atoms with Crippen molar-refractivity contribution < 1.29 is 13.2 Å². The Balaban J connectivity index is 2.63. The van der Waals surface area contributed by atoms with Crippen molar-refractivity contribution in [2.45, 2.75) is 19.8 Å². The summed E-state index contributed by atoms with van der Waals surface area (Å²) in [5.74, 6) is -4.01. The molecule has 0 atom stereocenters. The van der Waals surface area contributed by atoms with Crippen molar-refractivity contribution in [1.82, 2.24) is 5.32 Å². The number of benzene rings is 1. The first-order chi connectivity index (χ1) is 8.06. The predicted molar refractivity (Wildman–Crippen MR) is 65.4 cm³/mol. The van der Waals surface area contributed by atoms with Crippen molar-refractivity contribution >= 4 is 23.0 Å². The molecule has 6 heteroatoms. The number of thiocarbonyl (C=S) groups is 1. The maximum Gasteiger partial charge on any atom is 0.196 e. The first-order valence-corrected chi connectivity index (χ1v) is 5.65. The van der Waals surface area contributed by atoms with Crippen LogP contribution >= 0.6 is 12.2 Å². The third-order valence-electron chi connectivity index (χ3n) is 2.10. The van der Waals surface area contributed by atoms with Crippen LogP contribution in [-0.2, 0) is 0 Å². The van der Waals surface area contributed by atoms with Crippen LogP contribution in [0.15, 0.2) is 12.1 Å². The molecule has 0 spiro atoms. The van der Waals surface area contributed by atoms with Crippen molar-refractivity contribution in [3.8, 4) is 0 Å². The van der Waals surface area contributed by atoms with Crippen LogP contribution in [0.25, 0.3) is 0 Å². The van der Waals surface area contributed by atoms with E-state index in [0.717, 1.165) is 25.0 Å². The average molecular weight is 262 g/mol. The fourth-order valence-electron chi connectivity index (χ4n) is 1.17. The second kappa shape index (κ2) is 6.44. The zero-order chi connectivity index (χ0) is 12.8. The molecule has 2 N–H and O–H groups in total. The highest BCUT2D eigenvalue weighted by molar-refractivity contribution is 7.80. The normalized spacial score (nSPS) is 10.1. The lowest BCUT2D eigenvalue weighted by atomic mass is 10.3. The van der Waals surface area contributed by atoms with Gasteiger partial charge in [0.15, 0.2) is 22.6 Å². The van der Waals surface area contributed by atoms with Crippen LogP contribution in [0.4, 0.5) is 18.9 Å². The molecule has 0 radical (unpaired) electrons. The molecule has 1 aromatic carbocycles. The highest BCUT2D eigenvalue weighted by Crippen LogP contribution is 2.19. The number of hydrogen-bond acceptors (Lipinski definition) is 1. The van der Waals surface area contributed by atoms with Crippen molar-refractivity contribution in [2.24, 2.45) is 0 Å². The van der Waals surface area contributed by atoms with Crippen molar-refractivity contribution in [3.05, 3.63) is 29.6 Å². The lowest BCUT2D eigenvalue weighted by Gasteiger charge is -2.11. The molecule has 0 heterocycles. The van der Waals surface area contributed by atoms with Gasteiger partial charge in [-0.1, -0.05) is 13.3 Å². The summed E-state index contributed by atoms with van der Waals surface area (Å²) >= 11 is 4.88. The number of hydrogen-bond donors (Lipinski definition) is 2. The summed E-state index contributed by atoms with van der Waals surface area (Å²) in [6.07, 6.45) is 1.91. The van der Waals surface area contributed by atoms with E-state index >= 15 is 0 Å². The molecule has 0 saturated carbocycles. The smallest absolute Gasteiger partial charge is 0.196 e. The minimum atomic E-state index is -1.51. The zero-order valence-electron chi connectivity index (χ0n) is 9.32. The van der Waals surface area contributed by atoms with Gasteiger partial charge in [0.05, 0.1) is 5.69 Å². The van der Waals surface area contributed by atoms with E-state index in [2.05, 4.69) is 10.6 Å². The Morgan fingerprint density at radius 3 is 2.59 bits per heavy atom. The van der Waals surface area contributed by atoms with Crippen LogP contribution in [0, 0.1) is 17.5 Å². The second-order valence-corrected chi connectivity index (χ2v) is 3.87. The van der Waals surface area contributed by atoms with Crippen molar-refractivity contribution in [3.63, 3.8) is 0 Å². The number of anilines is 1. The minimum Gasteiger partial charge on any atom is -0.362 e. The first kappa shape index (κ1) is 13.8. The Hall–Kier alpha value is -1.30. The van der Waals surface area contributed by atoms with Crippen LogP contribution < -0.4 is 10.6 Å². The number of rotatable bonds is 4. The van der Waals surface area contributed by atoms with Gasteiger partial charge >= 0.3 is 0 Å². The Morgan fingerprint density at radius 2 is 1.94 bits per heavy atom. The van der Waals surface area contributed by atoms with E-state index in [4.69, 9.17) is 12.2 Å². The molecule has 0 fully saturated rings. The molecular formula is C11H13F3N2S. The molecule has 94 valence electrons. The Bertz CT molecular complexity index is 410. The Kier molecular flexibility index (Phi) is 5.21. The zero-order valence-corrected chi connectivity index (χ0v) is 10.1. The summed E-state index contributed by atoms with van der Waals surface area (Å²) in [7, 11) is 0. The van der Waals surface area contributed by atoms with Gasteiger partial charge < -0.3 is 10.6 Å². The molecule has 0 aromatic heterocycles.